The van der Waals surface area contributed by atoms with Gasteiger partial charge in [0.25, 0.3) is 11.8 Å². The molecule has 3 unspecified atom stereocenters. The monoisotopic (exact) mass is 376 g/mol. The zero-order chi connectivity index (χ0) is 20.1. The van der Waals surface area contributed by atoms with Gasteiger partial charge in [0, 0.05) is 6.54 Å². The molecule has 3 amide bonds. The number of benzene rings is 2. The van der Waals surface area contributed by atoms with Gasteiger partial charge in [0.2, 0.25) is 5.91 Å². The highest BCUT2D eigenvalue weighted by atomic mass is 16.2. The summed E-state index contributed by atoms with van der Waals surface area (Å²) < 4.78 is 0. The molecule has 5 heteroatoms. The van der Waals surface area contributed by atoms with Gasteiger partial charge in [-0.15, -0.1) is 0 Å². The van der Waals surface area contributed by atoms with E-state index in [1.165, 1.54) is 4.90 Å². The van der Waals surface area contributed by atoms with Gasteiger partial charge in [0.1, 0.15) is 0 Å². The molecule has 1 saturated carbocycles. The van der Waals surface area contributed by atoms with E-state index in [-0.39, 0.29) is 29.8 Å². The van der Waals surface area contributed by atoms with E-state index in [4.69, 9.17) is 0 Å². The predicted octanol–water partition coefficient (Wildman–Crippen LogP) is 3.67. The van der Waals surface area contributed by atoms with Gasteiger partial charge in [0.05, 0.1) is 28.6 Å². The number of hydrogen-bond acceptors (Lipinski definition) is 3. The average molecular weight is 376 g/mol. The third-order valence-corrected chi connectivity index (χ3v) is 6.17. The maximum absolute atomic E-state index is 13.4. The zero-order valence-corrected chi connectivity index (χ0v) is 16.4. The second-order valence-electron chi connectivity index (χ2n) is 7.84. The topological polar surface area (TPSA) is 57.7 Å². The molecule has 1 heterocycles. The number of fused-ring (bicyclic) bond motifs is 1. The van der Waals surface area contributed by atoms with Gasteiger partial charge in [-0.05, 0) is 44.9 Å². The summed E-state index contributed by atoms with van der Waals surface area (Å²) in [6, 6.07) is 16.3. The van der Waals surface area contributed by atoms with Gasteiger partial charge >= 0.3 is 0 Å². The Kier molecular flexibility index (Phi) is 4.33. The molecule has 0 aromatic heterocycles. The highest BCUT2D eigenvalue weighted by Crippen LogP contribution is 2.53. The fraction of sp³-hybridized carbons (Fsp3) is 0.348. The Bertz CT molecular complexity index is 920. The first-order valence-corrected chi connectivity index (χ1v) is 9.73. The molecule has 0 radical (unpaired) electrons. The van der Waals surface area contributed by atoms with Gasteiger partial charge in [-0.2, -0.15) is 0 Å². The van der Waals surface area contributed by atoms with Crippen LogP contribution >= 0.6 is 0 Å². The Morgan fingerprint density at radius 3 is 2.14 bits per heavy atom. The lowest BCUT2D eigenvalue weighted by atomic mass is 10.0. The second kappa shape index (κ2) is 6.59. The Morgan fingerprint density at radius 1 is 1.07 bits per heavy atom. The maximum atomic E-state index is 13.4. The summed E-state index contributed by atoms with van der Waals surface area (Å²) in [5.74, 6) is -0.588. The summed E-state index contributed by atoms with van der Waals surface area (Å²) in [6.45, 7) is 6.41. The molecule has 0 spiro atoms. The largest absolute Gasteiger partial charge is 0.336 e. The van der Waals surface area contributed by atoms with Crippen LogP contribution in [0.4, 0.5) is 0 Å². The molecular weight excluding hydrogens is 352 g/mol. The number of imide groups is 1. The zero-order valence-electron chi connectivity index (χ0n) is 16.4. The van der Waals surface area contributed by atoms with Gasteiger partial charge < -0.3 is 4.90 Å². The Hall–Kier alpha value is -2.95. The summed E-state index contributed by atoms with van der Waals surface area (Å²) in [6.07, 6.45) is 0.509. The van der Waals surface area contributed by atoms with Crippen LogP contribution in [0.25, 0.3) is 0 Å². The van der Waals surface area contributed by atoms with Crippen LogP contribution in [0.3, 0.4) is 0 Å². The van der Waals surface area contributed by atoms with Crippen molar-refractivity contribution < 1.29 is 14.4 Å². The summed E-state index contributed by atoms with van der Waals surface area (Å²) in [4.78, 5) is 42.1. The minimum atomic E-state index is -0.730. The Labute approximate surface area is 164 Å². The van der Waals surface area contributed by atoms with Crippen molar-refractivity contribution in [3.8, 4) is 0 Å². The quantitative estimate of drug-likeness (QED) is 0.748. The third kappa shape index (κ3) is 2.65. The number of rotatable bonds is 5. The molecule has 1 aliphatic carbocycles. The minimum absolute atomic E-state index is 0.00657. The van der Waals surface area contributed by atoms with Crippen molar-refractivity contribution in [3.63, 3.8) is 0 Å². The number of nitrogens with zero attached hydrogens (tertiary/aromatic N) is 2. The minimum Gasteiger partial charge on any atom is -0.336 e. The van der Waals surface area contributed by atoms with E-state index in [1.807, 2.05) is 56.0 Å². The highest BCUT2D eigenvalue weighted by molar-refractivity contribution is 6.22. The fourth-order valence-electron chi connectivity index (χ4n) is 4.27. The lowest BCUT2D eigenvalue weighted by molar-refractivity contribution is -0.138. The molecule has 0 N–H and O–H groups in total. The lowest BCUT2D eigenvalue weighted by Gasteiger charge is -2.32. The van der Waals surface area contributed by atoms with E-state index in [0.717, 1.165) is 5.56 Å². The van der Waals surface area contributed by atoms with Crippen molar-refractivity contribution in [2.24, 2.45) is 5.41 Å². The molecule has 2 aromatic rings. The van der Waals surface area contributed by atoms with Crippen LogP contribution in [0.15, 0.2) is 54.6 Å². The van der Waals surface area contributed by atoms with Crippen molar-refractivity contribution in [1.29, 1.82) is 0 Å². The van der Waals surface area contributed by atoms with Crippen LogP contribution in [-0.4, -0.2) is 40.1 Å². The normalized spacial score (nSPS) is 24.1. The summed E-state index contributed by atoms with van der Waals surface area (Å²) in [5.41, 5.74) is 1.20. The van der Waals surface area contributed by atoms with E-state index < -0.39 is 5.41 Å². The molecule has 3 atom stereocenters. The Balaban J connectivity index is 1.56. The molecule has 2 aromatic carbocycles. The molecule has 2 aliphatic rings. The van der Waals surface area contributed by atoms with E-state index >= 15 is 0 Å². The third-order valence-electron chi connectivity index (χ3n) is 6.17. The molecule has 144 valence electrons. The lowest BCUT2D eigenvalue weighted by Crippen LogP contribution is -2.43. The van der Waals surface area contributed by atoms with Crippen molar-refractivity contribution in [3.05, 3.63) is 71.3 Å². The van der Waals surface area contributed by atoms with E-state index in [1.54, 1.807) is 24.3 Å². The molecule has 5 nitrogen and oxygen atoms in total. The van der Waals surface area contributed by atoms with Gasteiger partial charge in [-0.1, -0.05) is 42.5 Å². The summed E-state index contributed by atoms with van der Waals surface area (Å²) >= 11 is 0. The van der Waals surface area contributed by atoms with Crippen molar-refractivity contribution in [1.82, 2.24) is 9.80 Å². The van der Waals surface area contributed by atoms with Crippen molar-refractivity contribution in [2.45, 2.75) is 39.3 Å². The molecule has 4 rings (SSSR count). The van der Waals surface area contributed by atoms with Gasteiger partial charge in [-0.3, -0.25) is 19.3 Å². The van der Waals surface area contributed by atoms with Crippen LogP contribution in [0.5, 0.6) is 0 Å². The predicted molar refractivity (Wildman–Crippen MR) is 106 cm³/mol. The van der Waals surface area contributed by atoms with Crippen molar-refractivity contribution in [2.75, 3.05) is 6.54 Å². The first kappa shape index (κ1) is 18.4. The molecule has 1 fully saturated rings. The molecule has 1 aliphatic heterocycles. The van der Waals surface area contributed by atoms with Crippen LogP contribution in [-0.2, 0) is 4.79 Å². The van der Waals surface area contributed by atoms with Crippen LogP contribution < -0.4 is 0 Å². The van der Waals surface area contributed by atoms with E-state index in [2.05, 4.69) is 0 Å². The number of carbonyl (C=O) groups is 3. The number of hydrogen-bond donors (Lipinski definition) is 0. The first-order chi connectivity index (χ1) is 13.4. The standard InChI is InChI=1S/C23H24N2O3/c1-4-24(15(2)16-10-6-5-7-11-16)22(28)23(3)14-19(23)25-20(26)17-12-8-9-13-18(17)21(25)27/h5-13,15,19H,4,14H2,1-3H3. The fourth-order valence-corrected chi connectivity index (χ4v) is 4.27. The second-order valence-corrected chi connectivity index (χ2v) is 7.84. The Morgan fingerprint density at radius 2 is 1.61 bits per heavy atom. The molecule has 0 saturated heterocycles. The summed E-state index contributed by atoms with van der Waals surface area (Å²) in [7, 11) is 0. The van der Waals surface area contributed by atoms with Gasteiger partial charge in [-0.25, -0.2) is 0 Å². The average Bonchev–Trinajstić information content (AvgIpc) is 3.33. The number of amides is 3. The molecular formula is C23H24N2O3. The smallest absolute Gasteiger partial charge is 0.261 e. The van der Waals surface area contributed by atoms with Crippen LogP contribution in [0, 0.1) is 5.41 Å². The summed E-state index contributed by atoms with van der Waals surface area (Å²) in [5, 5.41) is 0. The van der Waals surface area contributed by atoms with Gasteiger partial charge in [0.15, 0.2) is 0 Å². The van der Waals surface area contributed by atoms with Crippen molar-refractivity contribution >= 4 is 17.7 Å². The SMILES string of the molecule is CCN(C(=O)C1(C)CC1N1C(=O)c2ccccc2C1=O)C(C)c1ccccc1. The van der Waals surface area contributed by atoms with E-state index in [0.29, 0.717) is 24.1 Å². The van der Waals surface area contributed by atoms with Crippen LogP contribution in [0.1, 0.15) is 59.5 Å². The molecule has 28 heavy (non-hydrogen) atoms. The first-order valence-electron chi connectivity index (χ1n) is 9.73. The van der Waals surface area contributed by atoms with Crippen LogP contribution in [0.2, 0.25) is 0 Å². The highest BCUT2D eigenvalue weighted by Gasteiger charge is 2.64. The maximum Gasteiger partial charge on any atom is 0.261 e. The molecule has 0 bridgehead atoms. The number of carbonyl (C=O) groups excluding carboxylic acids is 3. The van der Waals surface area contributed by atoms with E-state index in [9.17, 15) is 14.4 Å².